The molecule has 0 aliphatic heterocycles. The van der Waals surface area contributed by atoms with Crippen LogP contribution in [0.2, 0.25) is 0 Å². The Bertz CT molecular complexity index is 231. The minimum atomic E-state index is -1.25. The van der Waals surface area contributed by atoms with Crippen molar-refractivity contribution < 1.29 is 19.2 Å². The average molecular weight is 176 g/mol. The molecule has 0 fully saturated rings. The molecule has 1 amide bonds. The van der Waals surface area contributed by atoms with Gasteiger partial charge in [-0.25, -0.2) is 9.59 Å². The fraction of sp³-hybridized carbons (Fsp3) is 0. The lowest BCUT2D eigenvalue weighted by molar-refractivity contribution is -0.142. The van der Waals surface area contributed by atoms with E-state index in [9.17, 15) is 9.59 Å². The maximum atomic E-state index is 10.6. The summed E-state index contributed by atoms with van der Waals surface area (Å²) >= 11 is 0. The van der Waals surface area contributed by atoms with Crippen LogP contribution < -0.4 is 23.1 Å². The van der Waals surface area contributed by atoms with E-state index in [0.29, 0.717) is 0 Å². The van der Waals surface area contributed by atoms with E-state index in [4.69, 9.17) is 11.5 Å². The number of hydrogen-bond acceptors (Lipinski definition) is 7. The molecule has 8 nitrogen and oxygen atoms in total. The van der Waals surface area contributed by atoms with Crippen molar-refractivity contribution in [1.82, 2.24) is 0 Å². The van der Waals surface area contributed by atoms with E-state index in [1.54, 1.807) is 0 Å². The zero-order valence-electron chi connectivity index (χ0n) is 5.94. The lowest BCUT2D eigenvalue weighted by atomic mass is 10.5. The lowest BCUT2D eigenvalue weighted by Gasteiger charge is -2.04. The molecule has 0 saturated carbocycles. The second-order valence-electron chi connectivity index (χ2n) is 1.61. The third-order valence-corrected chi connectivity index (χ3v) is 0.757. The second kappa shape index (κ2) is 4.03. The molecule has 0 aliphatic carbocycles. The fourth-order valence-electron chi connectivity index (χ4n) is 0.373. The van der Waals surface area contributed by atoms with Gasteiger partial charge in [-0.2, -0.15) is 5.90 Å². The van der Waals surface area contributed by atoms with Gasteiger partial charge in [0.15, 0.2) is 0 Å². The molecule has 0 aromatic rings. The summed E-state index contributed by atoms with van der Waals surface area (Å²) in [7, 11) is 0. The molecule has 0 aliphatic rings. The van der Waals surface area contributed by atoms with E-state index in [1.807, 2.05) is 0 Å². The highest BCUT2D eigenvalue weighted by Crippen LogP contribution is 1.99. The maximum absolute atomic E-state index is 10.6. The van der Waals surface area contributed by atoms with Crippen LogP contribution in [0.1, 0.15) is 0 Å². The zero-order valence-corrected chi connectivity index (χ0v) is 5.94. The Labute approximate surface area is 67.0 Å². The monoisotopic (exact) mass is 176 g/mol. The van der Waals surface area contributed by atoms with Crippen LogP contribution in [0, 0.1) is 0 Å². The third kappa shape index (κ3) is 2.75. The fourth-order valence-corrected chi connectivity index (χ4v) is 0.373. The molecule has 68 valence electrons. The van der Waals surface area contributed by atoms with Crippen LogP contribution >= 0.6 is 0 Å². The van der Waals surface area contributed by atoms with Crippen molar-refractivity contribution in [2.75, 3.05) is 0 Å². The number of rotatable bonds is 2. The van der Waals surface area contributed by atoms with Crippen LogP contribution in [-0.2, 0) is 14.4 Å². The van der Waals surface area contributed by atoms with Crippen molar-refractivity contribution in [2.24, 2.45) is 23.1 Å². The molecule has 0 bridgehead atoms. The van der Waals surface area contributed by atoms with Gasteiger partial charge in [-0.3, -0.25) is 0 Å². The molecule has 0 spiro atoms. The second-order valence-corrected chi connectivity index (χ2v) is 1.61. The lowest BCUT2D eigenvalue weighted by Crippen LogP contribution is -2.26. The summed E-state index contributed by atoms with van der Waals surface area (Å²) in [6, 6.07) is 0. The highest BCUT2D eigenvalue weighted by atomic mass is 16.7. The Morgan fingerprint density at radius 3 is 1.83 bits per heavy atom. The first-order valence-electron chi connectivity index (χ1n) is 2.62. The number of primary amides is 1. The minimum absolute atomic E-state index is 0.552. The van der Waals surface area contributed by atoms with Crippen molar-refractivity contribution in [1.29, 1.82) is 0 Å². The van der Waals surface area contributed by atoms with Crippen LogP contribution in [0.3, 0.4) is 0 Å². The van der Waals surface area contributed by atoms with Crippen molar-refractivity contribution in [3.8, 4) is 0 Å². The summed E-state index contributed by atoms with van der Waals surface area (Å²) in [4.78, 5) is 24.4. The van der Waals surface area contributed by atoms with E-state index < -0.39 is 23.6 Å². The molecular weight excluding hydrogens is 168 g/mol. The number of nitrogens with two attached hydrogens (primary N) is 4. The third-order valence-electron chi connectivity index (χ3n) is 0.757. The largest absolute Gasteiger partial charge is 0.410 e. The van der Waals surface area contributed by atoms with Gasteiger partial charge in [-0.1, -0.05) is 0 Å². The summed E-state index contributed by atoms with van der Waals surface area (Å²) in [6.45, 7) is 0. The van der Waals surface area contributed by atoms with Crippen LogP contribution in [0.15, 0.2) is 11.6 Å². The number of carbonyl (C=O) groups excluding carboxylic acids is 2. The normalized spacial score (nSPS) is 8.42. The molecule has 0 aromatic carbocycles. The quantitative estimate of drug-likeness (QED) is 0.207. The van der Waals surface area contributed by atoms with Crippen LogP contribution in [0.25, 0.3) is 0 Å². The Hall–Kier alpha value is -1.96. The first-order chi connectivity index (χ1) is 5.49. The number of carbonyl (C=O) groups is 2. The van der Waals surface area contributed by atoms with Crippen molar-refractivity contribution >= 4 is 12.1 Å². The summed E-state index contributed by atoms with van der Waals surface area (Å²) in [5, 5.41) is 0. The van der Waals surface area contributed by atoms with Gasteiger partial charge >= 0.3 is 12.1 Å². The van der Waals surface area contributed by atoms with Crippen molar-refractivity contribution in [3.05, 3.63) is 11.6 Å². The number of ether oxygens (including phenoxy) is 1. The van der Waals surface area contributed by atoms with Gasteiger partial charge in [0.25, 0.3) is 5.76 Å². The topological polar surface area (TPSA) is 157 Å². The summed E-state index contributed by atoms with van der Waals surface area (Å²) < 4.78 is 4.08. The SMILES string of the molecule is NOC(=O)C(OC(N)=O)=C(N)N. The zero-order chi connectivity index (χ0) is 9.72. The molecule has 0 unspecified atom stereocenters. The summed E-state index contributed by atoms with van der Waals surface area (Å²) in [6.07, 6.45) is -1.25. The Kier molecular flexibility index (Phi) is 3.37. The van der Waals surface area contributed by atoms with Gasteiger partial charge in [0.05, 0.1) is 0 Å². The predicted molar refractivity (Wildman–Crippen MR) is 36.3 cm³/mol. The van der Waals surface area contributed by atoms with Gasteiger partial charge < -0.3 is 26.8 Å². The van der Waals surface area contributed by atoms with Gasteiger partial charge in [-0.15, -0.1) is 0 Å². The highest BCUT2D eigenvalue weighted by molar-refractivity contribution is 5.89. The van der Waals surface area contributed by atoms with Crippen molar-refractivity contribution in [3.63, 3.8) is 0 Å². The summed E-state index contributed by atoms with van der Waals surface area (Å²) in [5.41, 5.74) is 14.4. The van der Waals surface area contributed by atoms with E-state index in [0.717, 1.165) is 0 Å². The van der Waals surface area contributed by atoms with E-state index in [1.165, 1.54) is 0 Å². The predicted octanol–water partition coefficient (Wildman–Crippen LogP) is -2.41. The Balaban J connectivity index is 4.58. The average Bonchev–Trinajstić information content (AvgIpc) is 1.98. The molecule has 0 heterocycles. The number of hydrogen-bond donors (Lipinski definition) is 4. The molecule has 0 atom stereocenters. The first-order valence-corrected chi connectivity index (χ1v) is 2.62. The standard InChI is InChI=1S/C4H8N4O4/c5-2(6)1(3(9)12-8)11-4(7)10/h5-6,8H2,(H2,7,10). The molecule has 8 heteroatoms. The molecular formula is C4H8N4O4. The molecule has 0 aromatic heterocycles. The smallest absolute Gasteiger partial charge is 0.399 e. The minimum Gasteiger partial charge on any atom is -0.399 e. The van der Waals surface area contributed by atoms with E-state index >= 15 is 0 Å². The molecule has 0 radical (unpaired) electrons. The number of amides is 1. The van der Waals surface area contributed by atoms with Crippen LogP contribution in [0.4, 0.5) is 4.79 Å². The molecule has 0 rings (SSSR count). The Morgan fingerprint density at radius 2 is 1.58 bits per heavy atom. The first kappa shape index (κ1) is 10.0. The molecule has 0 saturated heterocycles. The van der Waals surface area contributed by atoms with Gasteiger partial charge in [0.2, 0.25) is 0 Å². The summed E-state index contributed by atoms with van der Waals surface area (Å²) in [5.74, 6) is 1.99. The highest BCUT2D eigenvalue weighted by Gasteiger charge is 2.17. The maximum Gasteiger partial charge on any atom is 0.410 e. The van der Waals surface area contributed by atoms with Crippen LogP contribution in [-0.4, -0.2) is 12.1 Å². The van der Waals surface area contributed by atoms with Gasteiger partial charge in [0, 0.05) is 0 Å². The van der Waals surface area contributed by atoms with Crippen molar-refractivity contribution in [2.45, 2.75) is 0 Å². The van der Waals surface area contributed by atoms with E-state index in [-0.39, 0.29) is 0 Å². The van der Waals surface area contributed by atoms with E-state index in [2.05, 4.69) is 21.2 Å². The van der Waals surface area contributed by atoms with Gasteiger partial charge in [-0.05, 0) is 0 Å². The molecule has 8 N–H and O–H groups in total. The molecule has 12 heavy (non-hydrogen) atoms. The van der Waals surface area contributed by atoms with Gasteiger partial charge in [0.1, 0.15) is 5.82 Å². The Morgan fingerprint density at radius 1 is 1.08 bits per heavy atom. The van der Waals surface area contributed by atoms with Crippen LogP contribution in [0.5, 0.6) is 0 Å².